The van der Waals surface area contributed by atoms with Crippen molar-refractivity contribution in [2.24, 2.45) is 0 Å². The number of nitrogen functional groups attached to an aromatic ring is 1. The van der Waals surface area contributed by atoms with Gasteiger partial charge in [0.05, 0.1) is 23.7 Å². The lowest BCUT2D eigenvalue weighted by Gasteiger charge is -2.12. The number of nitrogens with one attached hydrogen (secondary N) is 2. The predicted octanol–water partition coefficient (Wildman–Crippen LogP) is -0.170. The maximum atomic E-state index is 12.2. The summed E-state index contributed by atoms with van der Waals surface area (Å²) in [6.07, 6.45) is 0. The SMILES string of the molecule is COc1cc(S(=O)(=O)NC(C)c2nn[nH]n2)ccc1N. The van der Waals surface area contributed by atoms with Crippen LogP contribution in [0.15, 0.2) is 23.1 Å². The van der Waals surface area contributed by atoms with E-state index in [9.17, 15) is 8.42 Å². The summed E-state index contributed by atoms with van der Waals surface area (Å²) in [6.45, 7) is 1.61. The van der Waals surface area contributed by atoms with E-state index >= 15 is 0 Å². The van der Waals surface area contributed by atoms with Crippen molar-refractivity contribution in [1.82, 2.24) is 25.3 Å². The zero-order valence-corrected chi connectivity index (χ0v) is 11.7. The monoisotopic (exact) mass is 298 g/mol. The van der Waals surface area contributed by atoms with Gasteiger partial charge in [-0.1, -0.05) is 5.21 Å². The zero-order chi connectivity index (χ0) is 14.8. The van der Waals surface area contributed by atoms with Crippen molar-refractivity contribution in [2.45, 2.75) is 17.9 Å². The van der Waals surface area contributed by atoms with Gasteiger partial charge < -0.3 is 10.5 Å². The van der Waals surface area contributed by atoms with Gasteiger partial charge in [-0.25, -0.2) is 13.1 Å². The number of H-pyrrole nitrogens is 1. The molecular weight excluding hydrogens is 284 g/mol. The van der Waals surface area contributed by atoms with Crippen LogP contribution in [0.2, 0.25) is 0 Å². The third kappa shape index (κ3) is 2.86. The van der Waals surface area contributed by atoms with E-state index in [0.29, 0.717) is 11.4 Å². The molecule has 0 aliphatic carbocycles. The smallest absolute Gasteiger partial charge is 0.241 e. The third-order valence-corrected chi connectivity index (χ3v) is 4.13. The number of aromatic amines is 1. The Morgan fingerprint density at radius 3 is 2.80 bits per heavy atom. The molecule has 0 aliphatic rings. The highest BCUT2D eigenvalue weighted by Gasteiger charge is 2.21. The van der Waals surface area contributed by atoms with Crippen LogP contribution in [0.1, 0.15) is 18.8 Å². The Bertz CT molecular complexity index is 685. The maximum Gasteiger partial charge on any atom is 0.241 e. The number of aromatic nitrogens is 4. The Balaban J connectivity index is 2.26. The van der Waals surface area contributed by atoms with Crippen molar-refractivity contribution in [3.63, 3.8) is 0 Å². The van der Waals surface area contributed by atoms with E-state index in [4.69, 9.17) is 10.5 Å². The minimum atomic E-state index is -3.74. The lowest BCUT2D eigenvalue weighted by molar-refractivity contribution is 0.415. The molecule has 10 heteroatoms. The number of anilines is 1. The van der Waals surface area contributed by atoms with Crippen molar-refractivity contribution >= 4 is 15.7 Å². The number of sulfonamides is 1. The number of ether oxygens (including phenoxy) is 1. The van der Waals surface area contributed by atoms with Gasteiger partial charge in [-0.15, -0.1) is 10.2 Å². The molecule has 0 spiro atoms. The first-order chi connectivity index (χ1) is 9.44. The highest BCUT2D eigenvalue weighted by Crippen LogP contribution is 2.25. The van der Waals surface area contributed by atoms with Crippen molar-refractivity contribution < 1.29 is 13.2 Å². The molecule has 0 saturated heterocycles. The second-order valence-corrected chi connectivity index (χ2v) is 5.73. The fraction of sp³-hybridized carbons (Fsp3) is 0.300. The second kappa shape index (κ2) is 5.43. The van der Waals surface area contributed by atoms with Crippen molar-refractivity contribution in [2.75, 3.05) is 12.8 Å². The third-order valence-electron chi connectivity index (χ3n) is 2.60. The Morgan fingerprint density at radius 1 is 1.45 bits per heavy atom. The summed E-state index contributed by atoms with van der Waals surface area (Å²) in [5.74, 6) is 0.538. The van der Waals surface area contributed by atoms with Crippen LogP contribution in [0.3, 0.4) is 0 Å². The molecule has 0 fully saturated rings. The van der Waals surface area contributed by atoms with Crippen LogP contribution < -0.4 is 15.2 Å². The fourth-order valence-electron chi connectivity index (χ4n) is 1.57. The second-order valence-electron chi connectivity index (χ2n) is 4.02. The van der Waals surface area contributed by atoms with Crippen LogP contribution in [0.25, 0.3) is 0 Å². The number of nitrogens with two attached hydrogens (primary N) is 1. The van der Waals surface area contributed by atoms with E-state index in [1.165, 1.54) is 25.3 Å². The molecule has 2 rings (SSSR count). The largest absolute Gasteiger partial charge is 0.495 e. The van der Waals surface area contributed by atoms with Gasteiger partial charge >= 0.3 is 0 Å². The molecule has 4 N–H and O–H groups in total. The summed E-state index contributed by atoms with van der Waals surface area (Å²) < 4.78 is 31.9. The average molecular weight is 298 g/mol. The fourth-order valence-corrected chi connectivity index (χ4v) is 2.78. The quantitative estimate of drug-likeness (QED) is 0.652. The molecule has 0 saturated carbocycles. The summed E-state index contributed by atoms with van der Waals surface area (Å²) in [7, 11) is -2.33. The summed E-state index contributed by atoms with van der Waals surface area (Å²) in [6, 6.07) is 3.58. The van der Waals surface area contributed by atoms with E-state index in [1.54, 1.807) is 6.92 Å². The maximum absolute atomic E-state index is 12.2. The molecular formula is C10H14N6O3S. The Hall–Kier alpha value is -2.20. The van der Waals surface area contributed by atoms with Crippen LogP contribution in [0, 0.1) is 0 Å². The lowest BCUT2D eigenvalue weighted by atomic mass is 10.3. The van der Waals surface area contributed by atoms with Crippen LogP contribution in [-0.4, -0.2) is 36.2 Å². The van der Waals surface area contributed by atoms with E-state index in [-0.39, 0.29) is 10.7 Å². The first kappa shape index (κ1) is 14.2. The van der Waals surface area contributed by atoms with Crippen molar-refractivity contribution in [3.8, 4) is 5.75 Å². The number of rotatable bonds is 5. The van der Waals surface area contributed by atoms with E-state index < -0.39 is 16.1 Å². The number of methoxy groups -OCH3 is 1. The molecule has 9 nitrogen and oxygen atoms in total. The van der Waals surface area contributed by atoms with Crippen molar-refractivity contribution in [3.05, 3.63) is 24.0 Å². The van der Waals surface area contributed by atoms with Gasteiger partial charge in [-0.3, -0.25) is 0 Å². The van der Waals surface area contributed by atoms with Crippen LogP contribution >= 0.6 is 0 Å². The summed E-state index contributed by atoms with van der Waals surface area (Å²) in [5, 5.41) is 13.1. The number of nitrogens with zero attached hydrogens (tertiary/aromatic N) is 3. The standard InChI is InChI=1S/C10H14N6O3S/c1-6(10-12-15-16-13-10)14-20(17,18)7-3-4-8(11)9(5-7)19-2/h3-6,14H,11H2,1-2H3,(H,12,13,15,16). The van der Waals surface area contributed by atoms with Gasteiger partial charge in [0, 0.05) is 6.07 Å². The Labute approximate surface area is 115 Å². The van der Waals surface area contributed by atoms with Crippen LogP contribution in [0.4, 0.5) is 5.69 Å². The van der Waals surface area contributed by atoms with Gasteiger partial charge in [0.15, 0.2) is 5.82 Å². The van der Waals surface area contributed by atoms with Gasteiger partial charge in [0.1, 0.15) is 5.75 Å². The molecule has 1 heterocycles. The number of tetrazole rings is 1. The average Bonchev–Trinajstić information content (AvgIpc) is 2.92. The van der Waals surface area contributed by atoms with E-state index in [0.717, 1.165) is 0 Å². The topological polar surface area (TPSA) is 136 Å². The zero-order valence-electron chi connectivity index (χ0n) is 10.9. The highest BCUT2D eigenvalue weighted by molar-refractivity contribution is 7.89. The molecule has 20 heavy (non-hydrogen) atoms. The molecule has 1 aromatic carbocycles. The minimum absolute atomic E-state index is 0.0406. The van der Waals surface area contributed by atoms with Crippen LogP contribution in [0.5, 0.6) is 5.75 Å². The van der Waals surface area contributed by atoms with E-state index in [2.05, 4.69) is 25.3 Å². The molecule has 1 unspecified atom stereocenters. The van der Waals surface area contributed by atoms with Gasteiger partial charge in [0.25, 0.3) is 0 Å². The van der Waals surface area contributed by atoms with Crippen molar-refractivity contribution in [1.29, 1.82) is 0 Å². The lowest BCUT2D eigenvalue weighted by Crippen LogP contribution is -2.27. The summed E-state index contributed by atoms with van der Waals surface area (Å²) in [5.41, 5.74) is 6.01. The molecule has 2 aromatic rings. The van der Waals surface area contributed by atoms with Crippen LogP contribution in [-0.2, 0) is 10.0 Å². The van der Waals surface area contributed by atoms with Gasteiger partial charge in [-0.05, 0) is 19.1 Å². The molecule has 0 bridgehead atoms. The number of hydrogen-bond donors (Lipinski definition) is 3. The Morgan fingerprint density at radius 2 is 2.20 bits per heavy atom. The summed E-state index contributed by atoms with van der Waals surface area (Å²) in [4.78, 5) is 0.0406. The molecule has 1 atom stereocenters. The van der Waals surface area contributed by atoms with Gasteiger partial charge in [0.2, 0.25) is 10.0 Å². The number of benzene rings is 1. The molecule has 0 aliphatic heterocycles. The van der Waals surface area contributed by atoms with E-state index in [1.807, 2.05) is 0 Å². The normalized spacial score (nSPS) is 13.1. The predicted molar refractivity (Wildman–Crippen MR) is 70.3 cm³/mol. The summed E-state index contributed by atoms with van der Waals surface area (Å²) >= 11 is 0. The first-order valence-electron chi connectivity index (χ1n) is 5.63. The Kier molecular flexibility index (Phi) is 3.86. The molecule has 0 radical (unpaired) electrons. The number of hydrogen-bond acceptors (Lipinski definition) is 7. The molecule has 108 valence electrons. The molecule has 0 amide bonds. The molecule has 1 aromatic heterocycles. The highest BCUT2D eigenvalue weighted by atomic mass is 32.2. The minimum Gasteiger partial charge on any atom is -0.495 e. The first-order valence-corrected chi connectivity index (χ1v) is 7.11. The van der Waals surface area contributed by atoms with Gasteiger partial charge in [-0.2, -0.15) is 5.21 Å².